The lowest BCUT2D eigenvalue weighted by Gasteiger charge is -2.40. The van der Waals surface area contributed by atoms with Crippen LogP contribution in [0.1, 0.15) is 119 Å². The highest BCUT2D eigenvalue weighted by Gasteiger charge is 2.28. The number of quaternary nitrogens is 1. The molecule has 0 bridgehead atoms. The van der Waals surface area contributed by atoms with Crippen molar-refractivity contribution in [2.45, 2.75) is 119 Å². The second kappa shape index (κ2) is 14.1. The Kier molecular flexibility index (Phi) is 14.0. The second-order valence-electron chi connectivity index (χ2n) is 9.64. The molecule has 1 nitrogen and oxygen atoms in total. The molecule has 0 rings (SSSR count). The smallest absolute Gasteiger partial charge is 0.0786 e. The minimum absolute atomic E-state index is 0.473. The van der Waals surface area contributed by atoms with Crippen LogP contribution in [0, 0.1) is 11.3 Å². The molecule has 1 heteroatoms. The molecule has 25 heavy (non-hydrogen) atoms. The summed E-state index contributed by atoms with van der Waals surface area (Å²) in [6, 6.07) is 0. The summed E-state index contributed by atoms with van der Waals surface area (Å²) in [5.41, 5.74) is 0.473. The summed E-state index contributed by atoms with van der Waals surface area (Å²) >= 11 is 0. The van der Waals surface area contributed by atoms with Gasteiger partial charge in [0.25, 0.3) is 0 Å². The van der Waals surface area contributed by atoms with Gasteiger partial charge in [-0.15, -0.1) is 0 Å². The highest BCUT2D eigenvalue weighted by atomic mass is 15.3. The van der Waals surface area contributed by atoms with Crippen LogP contribution in [0.15, 0.2) is 0 Å². The van der Waals surface area contributed by atoms with E-state index in [1.807, 2.05) is 0 Å². The molecule has 0 aromatic rings. The molecule has 0 aromatic heterocycles. The molecule has 0 heterocycles. The fraction of sp³-hybridized carbons (Fsp3) is 1.00. The Morgan fingerprint density at radius 2 is 0.920 bits per heavy atom. The van der Waals surface area contributed by atoms with Crippen LogP contribution in [0.2, 0.25) is 0 Å². The van der Waals surface area contributed by atoms with E-state index in [1.54, 1.807) is 0 Å². The van der Waals surface area contributed by atoms with Crippen molar-refractivity contribution in [1.82, 2.24) is 0 Å². The maximum absolute atomic E-state index is 2.46. The summed E-state index contributed by atoms with van der Waals surface area (Å²) in [6.07, 6.45) is 15.3. The van der Waals surface area contributed by atoms with Crippen molar-refractivity contribution in [3.05, 3.63) is 0 Å². The van der Waals surface area contributed by atoms with E-state index in [9.17, 15) is 0 Å². The first-order valence-electron chi connectivity index (χ1n) is 11.7. The van der Waals surface area contributed by atoms with Crippen LogP contribution < -0.4 is 0 Å². The van der Waals surface area contributed by atoms with E-state index in [1.165, 1.54) is 101 Å². The third-order valence-electron chi connectivity index (χ3n) is 6.27. The van der Waals surface area contributed by atoms with Crippen LogP contribution >= 0.6 is 0 Å². The molecule has 152 valence electrons. The molecule has 1 unspecified atom stereocenters. The van der Waals surface area contributed by atoms with E-state index in [0.717, 1.165) is 5.92 Å². The average molecular weight is 355 g/mol. The maximum atomic E-state index is 2.46. The van der Waals surface area contributed by atoms with Crippen molar-refractivity contribution < 1.29 is 4.48 Å². The van der Waals surface area contributed by atoms with Crippen molar-refractivity contribution in [3.63, 3.8) is 0 Å². The summed E-state index contributed by atoms with van der Waals surface area (Å²) in [4.78, 5) is 0. The van der Waals surface area contributed by atoms with Gasteiger partial charge in [0, 0.05) is 0 Å². The number of unbranched alkanes of at least 4 members (excludes halogenated alkanes) is 4. The van der Waals surface area contributed by atoms with Crippen LogP contribution in [-0.2, 0) is 0 Å². The molecule has 0 aliphatic heterocycles. The molecular formula is C24H52N+. The average Bonchev–Trinajstić information content (AvgIpc) is 2.57. The van der Waals surface area contributed by atoms with E-state index in [-0.39, 0.29) is 0 Å². The van der Waals surface area contributed by atoms with Crippen LogP contribution in [0.3, 0.4) is 0 Å². The third kappa shape index (κ3) is 11.3. The molecule has 0 spiro atoms. The molecule has 0 aliphatic carbocycles. The van der Waals surface area contributed by atoms with Gasteiger partial charge in [0.05, 0.1) is 26.2 Å². The van der Waals surface area contributed by atoms with Crippen LogP contribution in [0.25, 0.3) is 0 Å². The molecular weight excluding hydrogens is 302 g/mol. The van der Waals surface area contributed by atoms with Gasteiger partial charge in [0.15, 0.2) is 0 Å². The Labute approximate surface area is 161 Å². The molecule has 0 aromatic carbocycles. The van der Waals surface area contributed by atoms with E-state index in [4.69, 9.17) is 0 Å². The molecule has 0 amide bonds. The molecule has 0 saturated heterocycles. The lowest BCUT2D eigenvalue weighted by atomic mass is 9.75. The number of nitrogens with zero attached hydrogens (tertiary/aromatic N) is 1. The molecule has 0 N–H and O–H groups in total. The Morgan fingerprint density at radius 1 is 0.560 bits per heavy atom. The van der Waals surface area contributed by atoms with Gasteiger partial charge in [-0.25, -0.2) is 0 Å². The maximum Gasteiger partial charge on any atom is 0.0786 e. The van der Waals surface area contributed by atoms with Crippen molar-refractivity contribution >= 4 is 0 Å². The first-order valence-corrected chi connectivity index (χ1v) is 11.7. The quantitative estimate of drug-likeness (QED) is 0.248. The van der Waals surface area contributed by atoms with Gasteiger partial charge in [-0.2, -0.15) is 0 Å². The summed E-state index contributed by atoms with van der Waals surface area (Å²) < 4.78 is 1.42. The van der Waals surface area contributed by atoms with Crippen LogP contribution in [0.4, 0.5) is 0 Å². The zero-order chi connectivity index (χ0) is 19.2. The van der Waals surface area contributed by atoms with E-state index in [0.29, 0.717) is 5.41 Å². The number of rotatable bonds is 16. The van der Waals surface area contributed by atoms with E-state index in [2.05, 4.69) is 48.5 Å². The van der Waals surface area contributed by atoms with Crippen LogP contribution in [0.5, 0.6) is 0 Å². The molecule has 1 atom stereocenters. The summed E-state index contributed by atoms with van der Waals surface area (Å²) in [5, 5.41) is 0. The largest absolute Gasteiger partial charge is 0.324 e. The van der Waals surface area contributed by atoms with Crippen molar-refractivity contribution in [2.24, 2.45) is 11.3 Å². The molecule has 0 saturated carbocycles. The minimum atomic E-state index is 0.473. The van der Waals surface area contributed by atoms with E-state index < -0.39 is 0 Å². The first kappa shape index (κ1) is 25.0. The lowest BCUT2D eigenvalue weighted by molar-refractivity contribution is -0.929. The SMILES string of the molecule is CCCCC(CCC[N+](CCCC)(CCCC)CCCC)C(C)(C)C. The van der Waals surface area contributed by atoms with Crippen molar-refractivity contribution in [1.29, 1.82) is 0 Å². The van der Waals surface area contributed by atoms with E-state index >= 15 is 0 Å². The van der Waals surface area contributed by atoms with Gasteiger partial charge >= 0.3 is 0 Å². The van der Waals surface area contributed by atoms with Gasteiger partial charge in [-0.05, 0) is 49.9 Å². The molecule has 0 radical (unpaired) electrons. The van der Waals surface area contributed by atoms with Gasteiger partial charge in [0.2, 0.25) is 0 Å². The zero-order valence-electron chi connectivity index (χ0n) is 19.1. The normalized spacial score (nSPS) is 14.0. The molecule has 0 aliphatic rings. The first-order chi connectivity index (χ1) is 11.8. The van der Waals surface area contributed by atoms with Gasteiger partial charge < -0.3 is 4.48 Å². The standard InChI is InChI=1S/C24H52N/c1-8-12-17-23(24(5,6)7)18-16-22-25(19-13-9-2,20-14-10-3)21-15-11-4/h23H,8-22H2,1-7H3/q+1. The highest BCUT2D eigenvalue weighted by molar-refractivity contribution is 4.74. The minimum Gasteiger partial charge on any atom is -0.324 e. The Balaban J connectivity index is 4.82. The zero-order valence-corrected chi connectivity index (χ0v) is 19.1. The van der Waals surface area contributed by atoms with Crippen molar-refractivity contribution in [3.8, 4) is 0 Å². The number of hydrogen-bond acceptors (Lipinski definition) is 0. The summed E-state index contributed by atoms with van der Waals surface area (Å²) in [7, 11) is 0. The summed E-state index contributed by atoms with van der Waals surface area (Å²) in [5.74, 6) is 0.901. The Morgan fingerprint density at radius 3 is 1.28 bits per heavy atom. The number of hydrogen-bond donors (Lipinski definition) is 0. The van der Waals surface area contributed by atoms with Crippen LogP contribution in [-0.4, -0.2) is 30.7 Å². The van der Waals surface area contributed by atoms with Gasteiger partial charge in [-0.3, -0.25) is 0 Å². The fourth-order valence-corrected chi connectivity index (χ4v) is 4.29. The monoisotopic (exact) mass is 354 g/mol. The third-order valence-corrected chi connectivity index (χ3v) is 6.27. The highest BCUT2D eigenvalue weighted by Crippen LogP contribution is 2.34. The topological polar surface area (TPSA) is 0 Å². The van der Waals surface area contributed by atoms with Crippen molar-refractivity contribution in [2.75, 3.05) is 26.2 Å². The Hall–Kier alpha value is -0.0400. The summed E-state index contributed by atoms with van der Waals surface area (Å²) in [6.45, 7) is 22.5. The lowest BCUT2D eigenvalue weighted by Crippen LogP contribution is -2.51. The van der Waals surface area contributed by atoms with Gasteiger partial charge in [0.1, 0.15) is 0 Å². The predicted octanol–water partition coefficient (Wildman–Crippen LogP) is 7.84. The molecule has 0 fully saturated rings. The van der Waals surface area contributed by atoms with Gasteiger partial charge in [-0.1, -0.05) is 80.6 Å². The second-order valence-corrected chi connectivity index (χ2v) is 9.64. The Bertz CT molecular complexity index is 267. The fourth-order valence-electron chi connectivity index (χ4n) is 4.29. The predicted molar refractivity (Wildman–Crippen MR) is 116 cm³/mol.